The van der Waals surface area contributed by atoms with E-state index >= 15 is 0 Å². The van der Waals surface area contributed by atoms with E-state index in [4.69, 9.17) is 0 Å². The minimum absolute atomic E-state index is 0.0812. The number of nitrogens with zero attached hydrogens (tertiary/aromatic N) is 2. The summed E-state index contributed by atoms with van der Waals surface area (Å²) < 4.78 is 28.6. The molecule has 154 valence electrons. The van der Waals surface area contributed by atoms with Gasteiger partial charge in [-0.2, -0.15) is 4.31 Å². The number of aryl methyl sites for hydroxylation is 2. The molecule has 0 saturated carbocycles. The summed E-state index contributed by atoms with van der Waals surface area (Å²) in [4.78, 5) is 11.2. The second-order valence-electron chi connectivity index (χ2n) is 7.80. The predicted molar refractivity (Wildman–Crippen MR) is 122 cm³/mol. The molecular weight excluding hydrogens is 503 g/mol. The van der Waals surface area contributed by atoms with Gasteiger partial charge in [-0.25, -0.2) is 8.42 Å². The largest absolute Gasteiger partial charge is 0.265 e. The van der Waals surface area contributed by atoms with Crippen LogP contribution in [0, 0.1) is 29.4 Å². The lowest BCUT2D eigenvalue weighted by molar-refractivity contribution is -0.493. The molecule has 0 N–H and O–H groups in total. The summed E-state index contributed by atoms with van der Waals surface area (Å²) in [6.07, 6.45) is 0. The van der Waals surface area contributed by atoms with Crippen LogP contribution >= 0.6 is 22.6 Å². The van der Waals surface area contributed by atoms with E-state index in [2.05, 4.69) is 22.6 Å². The van der Waals surface area contributed by atoms with Crippen molar-refractivity contribution in [1.29, 1.82) is 0 Å². The molecule has 0 aromatic heterocycles. The zero-order valence-corrected chi connectivity index (χ0v) is 19.5. The van der Waals surface area contributed by atoms with E-state index in [1.54, 1.807) is 31.2 Å². The zero-order chi connectivity index (χ0) is 21.4. The lowest BCUT2D eigenvalue weighted by Crippen LogP contribution is -2.34. The highest BCUT2D eigenvalue weighted by atomic mass is 127. The number of hydrogen-bond donors (Lipinski definition) is 0. The SMILES string of the molecule is Cc1ccc(/C(I)=C2/CN(S(=O)(=O)c3ccc(C)cc3)C[C@]2(C)C[N+](=O)[O-])cc1. The molecule has 0 unspecified atom stereocenters. The summed E-state index contributed by atoms with van der Waals surface area (Å²) in [7, 11) is -3.74. The van der Waals surface area contributed by atoms with E-state index in [1.807, 2.05) is 38.1 Å². The summed E-state index contributed by atoms with van der Waals surface area (Å²) in [5.41, 5.74) is 2.94. The van der Waals surface area contributed by atoms with Crippen molar-refractivity contribution in [2.45, 2.75) is 25.7 Å². The molecule has 2 aromatic rings. The third-order valence-electron chi connectivity index (χ3n) is 5.30. The normalized spacial score (nSPS) is 21.9. The highest BCUT2D eigenvalue weighted by molar-refractivity contribution is 14.1. The van der Waals surface area contributed by atoms with Gasteiger partial charge >= 0.3 is 0 Å². The predicted octanol–water partition coefficient (Wildman–Crippen LogP) is 4.44. The molecule has 0 aliphatic carbocycles. The Morgan fingerprint density at radius 3 is 2.14 bits per heavy atom. The second kappa shape index (κ2) is 8.16. The second-order valence-corrected chi connectivity index (χ2v) is 10.8. The smallest absolute Gasteiger partial charge is 0.243 e. The molecule has 6 nitrogen and oxygen atoms in total. The summed E-state index contributed by atoms with van der Waals surface area (Å²) >= 11 is 2.19. The van der Waals surface area contributed by atoms with Crippen LogP contribution in [0.25, 0.3) is 3.58 Å². The summed E-state index contributed by atoms with van der Waals surface area (Å²) in [6, 6.07) is 14.6. The van der Waals surface area contributed by atoms with Gasteiger partial charge in [0.15, 0.2) is 0 Å². The maximum atomic E-state index is 13.2. The molecule has 1 atom stereocenters. The number of benzene rings is 2. The molecule has 0 spiro atoms. The lowest BCUT2D eigenvalue weighted by Gasteiger charge is -2.22. The van der Waals surface area contributed by atoms with E-state index in [0.29, 0.717) is 0 Å². The highest BCUT2D eigenvalue weighted by Gasteiger charge is 2.48. The molecule has 1 saturated heterocycles. The summed E-state index contributed by atoms with van der Waals surface area (Å²) in [6.45, 7) is 5.57. The fraction of sp³-hybridized carbons (Fsp3) is 0.333. The van der Waals surface area contributed by atoms with Crippen LogP contribution in [0.3, 0.4) is 0 Å². The Kier molecular flexibility index (Phi) is 6.16. The van der Waals surface area contributed by atoms with Crippen molar-refractivity contribution in [2.75, 3.05) is 19.6 Å². The Bertz CT molecular complexity index is 1060. The first-order valence-electron chi connectivity index (χ1n) is 9.18. The fourth-order valence-corrected chi connectivity index (χ4v) is 6.29. The first kappa shape index (κ1) is 21.9. The Hall–Kier alpha value is -1.78. The third kappa shape index (κ3) is 4.54. The monoisotopic (exact) mass is 526 g/mol. The van der Waals surface area contributed by atoms with Crippen LogP contribution in [0.15, 0.2) is 59.0 Å². The van der Waals surface area contributed by atoms with Gasteiger partial charge in [0.05, 0.1) is 10.3 Å². The van der Waals surface area contributed by atoms with Gasteiger partial charge in [-0.15, -0.1) is 0 Å². The van der Waals surface area contributed by atoms with Crippen molar-refractivity contribution in [3.8, 4) is 0 Å². The molecule has 1 aliphatic heterocycles. The van der Waals surface area contributed by atoms with Gasteiger partial charge in [0, 0.05) is 21.6 Å². The minimum Gasteiger partial charge on any atom is -0.265 e. The van der Waals surface area contributed by atoms with Gasteiger partial charge < -0.3 is 0 Å². The molecule has 29 heavy (non-hydrogen) atoms. The van der Waals surface area contributed by atoms with Crippen LogP contribution in [0.1, 0.15) is 23.6 Å². The molecule has 1 fully saturated rings. The van der Waals surface area contributed by atoms with Crippen molar-refractivity contribution in [3.05, 3.63) is 80.9 Å². The van der Waals surface area contributed by atoms with E-state index < -0.39 is 15.4 Å². The zero-order valence-electron chi connectivity index (χ0n) is 16.6. The molecule has 3 rings (SSSR count). The molecule has 1 aliphatic rings. The molecular formula is C21H23IN2O4S. The average Bonchev–Trinajstić information content (AvgIpc) is 2.99. The van der Waals surface area contributed by atoms with Crippen molar-refractivity contribution in [1.82, 2.24) is 4.31 Å². The summed E-state index contributed by atoms with van der Waals surface area (Å²) in [5.74, 6) is 0. The molecule has 8 heteroatoms. The van der Waals surface area contributed by atoms with Crippen LogP contribution in [0.5, 0.6) is 0 Å². The van der Waals surface area contributed by atoms with Crippen LogP contribution in [0.2, 0.25) is 0 Å². The third-order valence-corrected chi connectivity index (χ3v) is 8.37. The molecule has 1 heterocycles. The quantitative estimate of drug-likeness (QED) is 0.328. The van der Waals surface area contributed by atoms with Crippen LogP contribution < -0.4 is 0 Å². The van der Waals surface area contributed by atoms with Gasteiger partial charge in [0.2, 0.25) is 16.6 Å². The fourth-order valence-electron chi connectivity index (χ4n) is 3.58. The molecule has 0 radical (unpaired) electrons. The molecule has 0 amide bonds. The maximum Gasteiger partial charge on any atom is 0.243 e. The van der Waals surface area contributed by atoms with E-state index in [0.717, 1.165) is 25.8 Å². The molecule has 2 aromatic carbocycles. The minimum atomic E-state index is -3.74. The van der Waals surface area contributed by atoms with Crippen LogP contribution in [-0.2, 0) is 10.0 Å². The van der Waals surface area contributed by atoms with Gasteiger partial charge in [-0.05, 0) is 66.6 Å². The number of hydrogen-bond acceptors (Lipinski definition) is 4. The number of rotatable bonds is 5. The van der Waals surface area contributed by atoms with Gasteiger partial charge in [0.25, 0.3) is 0 Å². The number of nitro groups is 1. The van der Waals surface area contributed by atoms with Crippen molar-refractivity contribution >= 4 is 36.2 Å². The van der Waals surface area contributed by atoms with Crippen molar-refractivity contribution < 1.29 is 13.3 Å². The number of sulfonamides is 1. The van der Waals surface area contributed by atoms with E-state index in [-0.39, 0.29) is 29.5 Å². The standard InChI is InChI=1S/C21H23IN2O4S/c1-15-4-8-17(9-5-15)20(22)19-12-23(13-21(19,3)14-24(25)26)29(27,28)18-10-6-16(2)7-11-18/h4-11H,12-14H2,1-3H3/b20-19+/t21-/m1/s1. The Morgan fingerprint density at radius 2 is 1.62 bits per heavy atom. The van der Waals surface area contributed by atoms with E-state index in [9.17, 15) is 18.5 Å². The topological polar surface area (TPSA) is 80.5 Å². The van der Waals surface area contributed by atoms with Gasteiger partial charge in [-0.1, -0.05) is 47.5 Å². The Labute approximate surface area is 185 Å². The maximum absolute atomic E-state index is 13.2. The van der Waals surface area contributed by atoms with Crippen LogP contribution in [0.4, 0.5) is 0 Å². The Balaban J connectivity index is 2.06. The van der Waals surface area contributed by atoms with Gasteiger partial charge in [-0.3, -0.25) is 10.1 Å². The average molecular weight is 526 g/mol. The highest BCUT2D eigenvalue weighted by Crippen LogP contribution is 2.44. The van der Waals surface area contributed by atoms with Gasteiger partial charge in [0.1, 0.15) is 0 Å². The van der Waals surface area contributed by atoms with E-state index in [1.165, 1.54) is 4.31 Å². The lowest BCUT2D eigenvalue weighted by atomic mass is 9.84. The Morgan fingerprint density at radius 1 is 1.10 bits per heavy atom. The first-order valence-corrected chi connectivity index (χ1v) is 11.7. The first-order chi connectivity index (χ1) is 13.5. The van der Waals surface area contributed by atoms with Crippen molar-refractivity contribution in [2.24, 2.45) is 5.41 Å². The van der Waals surface area contributed by atoms with Crippen molar-refractivity contribution in [3.63, 3.8) is 0 Å². The summed E-state index contributed by atoms with van der Waals surface area (Å²) in [5, 5.41) is 11.4. The molecule has 0 bridgehead atoms. The number of halogens is 1. The van der Waals surface area contributed by atoms with Crippen LogP contribution in [-0.4, -0.2) is 37.3 Å².